The molecule has 0 fully saturated rings. The molecule has 0 bridgehead atoms. The fourth-order valence-electron chi connectivity index (χ4n) is 1.80. The summed E-state index contributed by atoms with van der Waals surface area (Å²) in [6.45, 7) is 0. The zero-order chi connectivity index (χ0) is 12.3. The van der Waals surface area contributed by atoms with Gasteiger partial charge in [0.25, 0.3) is 0 Å². The van der Waals surface area contributed by atoms with Gasteiger partial charge in [-0.1, -0.05) is 18.2 Å². The number of rotatable bonds is 3. The van der Waals surface area contributed by atoms with Crippen LogP contribution < -0.4 is 10.6 Å². The lowest BCUT2D eigenvalue weighted by Crippen LogP contribution is -2.00. The maximum atomic E-state index is 13.8. The highest BCUT2D eigenvalue weighted by atomic mass is 19.1. The Labute approximate surface area is 99.7 Å². The third-order valence-corrected chi connectivity index (χ3v) is 2.63. The molecule has 0 spiro atoms. The van der Waals surface area contributed by atoms with Crippen molar-refractivity contribution in [3.63, 3.8) is 0 Å². The van der Waals surface area contributed by atoms with Gasteiger partial charge in [0.2, 0.25) is 0 Å². The van der Waals surface area contributed by atoms with Crippen molar-refractivity contribution in [1.29, 1.82) is 0 Å². The number of anilines is 2. The van der Waals surface area contributed by atoms with Gasteiger partial charge in [0, 0.05) is 31.4 Å². The van der Waals surface area contributed by atoms with Crippen molar-refractivity contribution in [2.24, 2.45) is 0 Å². The molecule has 0 amide bonds. The fourth-order valence-corrected chi connectivity index (χ4v) is 1.80. The van der Waals surface area contributed by atoms with Crippen molar-refractivity contribution in [2.75, 3.05) is 24.7 Å². The first kappa shape index (κ1) is 11.4. The lowest BCUT2D eigenvalue weighted by atomic mass is 10.0. The number of benzene rings is 1. The first-order valence-corrected chi connectivity index (χ1v) is 5.36. The molecule has 0 saturated carbocycles. The maximum absolute atomic E-state index is 13.8. The molecule has 2 aromatic rings. The normalized spacial score (nSPS) is 10.1. The lowest BCUT2D eigenvalue weighted by molar-refractivity contribution is 0.631. The molecule has 2 rings (SSSR count). The van der Waals surface area contributed by atoms with Crippen molar-refractivity contribution >= 4 is 11.4 Å². The van der Waals surface area contributed by atoms with E-state index in [1.54, 1.807) is 31.6 Å². The summed E-state index contributed by atoms with van der Waals surface area (Å²) in [5, 5.41) is 6.10. The molecule has 1 aromatic carbocycles. The minimum atomic E-state index is -0.251. The first-order chi connectivity index (χ1) is 8.27. The molecule has 0 aliphatic carbocycles. The number of pyridine rings is 1. The van der Waals surface area contributed by atoms with E-state index < -0.39 is 0 Å². The predicted octanol–water partition coefficient (Wildman–Crippen LogP) is 2.97. The molecule has 88 valence electrons. The number of hydrogen-bond donors (Lipinski definition) is 2. The van der Waals surface area contributed by atoms with Crippen LogP contribution in [-0.2, 0) is 0 Å². The van der Waals surface area contributed by atoms with Crippen LogP contribution in [0.3, 0.4) is 0 Å². The van der Waals surface area contributed by atoms with E-state index in [0.29, 0.717) is 5.56 Å². The van der Waals surface area contributed by atoms with Gasteiger partial charge in [0.05, 0.1) is 17.6 Å². The highest BCUT2D eigenvalue weighted by molar-refractivity contribution is 5.86. The molecular weight excluding hydrogens is 217 g/mol. The molecule has 2 N–H and O–H groups in total. The molecular formula is C13H14FN3. The van der Waals surface area contributed by atoms with Crippen LogP contribution in [0.5, 0.6) is 0 Å². The molecule has 4 heteroatoms. The predicted molar refractivity (Wildman–Crippen MR) is 68.7 cm³/mol. The molecule has 17 heavy (non-hydrogen) atoms. The molecule has 1 aromatic heterocycles. The van der Waals surface area contributed by atoms with Gasteiger partial charge in [-0.15, -0.1) is 0 Å². The second-order valence-corrected chi connectivity index (χ2v) is 3.59. The third kappa shape index (κ3) is 2.06. The summed E-state index contributed by atoms with van der Waals surface area (Å²) in [6, 6.07) is 6.67. The monoisotopic (exact) mass is 231 g/mol. The average Bonchev–Trinajstić information content (AvgIpc) is 2.38. The fraction of sp³-hybridized carbons (Fsp3) is 0.154. The number of aromatic nitrogens is 1. The van der Waals surface area contributed by atoms with Crippen LogP contribution in [0.4, 0.5) is 15.8 Å². The standard InChI is InChI=1S/C13H14FN3/c1-15-12-8-17-7-10(13(12)16-2)9-5-3-4-6-11(9)14/h3-8,15H,1-2H3,(H,16,17). The van der Waals surface area contributed by atoms with Gasteiger partial charge in [-0.2, -0.15) is 0 Å². The van der Waals surface area contributed by atoms with E-state index in [4.69, 9.17) is 0 Å². The molecule has 1 heterocycles. The number of halogens is 1. The van der Waals surface area contributed by atoms with E-state index in [1.807, 2.05) is 13.1 Å². The first-order valence-electron chi connectivity index (χ1n) is 5.36. The summed E-state index contributed by atoms with van der Waals surface area (Å²) in [5.41, 5.74) is 2.97. The van der Waals surface area contributed by atoms with Crippen LogP contribution in [0.1, 0.15) is 0 Å². The Morgan fingerprint density at radius 1 is 1.00 bits per heavy atom. The average molecular weight is 231 g/mol. The van der Waals surface area contributed by atoms with Crippen LogP contribution in [0.25, 0.3) is 11.1 Å². The van der Waals surface area contributed by atoms with E-state index in [0.717, 1.165) is 16.9 Å². The van der Waals surface area contributed by atoms with Crippen molar-refractivity contribution < 1.29 is 4.39 Å². The topological polar surface area (TPSA) is 37.0 Å². The minimum Gasteiger partial charge on any atom is -0.386 e. The largest absolute Gasteiger partial charge is 0.386 e. The summed E-state index contributed by atoms with van der Waals surface area (Å²) in [5.74, 6) is -0.251. The minimum absolute atomic E-state index is 0.251. The third-order valence-electron chi connectivity index (χ3n) is 2.63. The number of hydrogen-bond acceptors (Lipinski definition) is 3. The molecule has 0 aliphatic heterocycles. The zero-order valence-electron chi connectivity index (χ0n) is 9.79. The van der Waals surface area contributed by atoms with Crippen molar-refractivity contribution in [3.8, 4) is 11.1 Å². The Hall–Kier alpha value is -2.10. The van der Waals surface area contributed by atoms with Crippen LogP contribution in [0.15, 0.2) is 36.7 Å². The Kier molecular flexibility index (Phi) is 3.23. The smallest absolute Gasteiger partial charge is 0.131 e. The SMILES string of the molecule is CNc1cncc(-c2ccccc2F)c1NC. The Morgan fingerprint density at radius 2 is 1.76 bits per heavy atom. The highest BCUT2D eigenvalue weighted by Crippen LogP contribution is 2.33. The summed E-state index contributed by atoms with van der Waals surface area (Å²) >= 11 is 0. The lowest BCUT2D eigenvalue weighted by Gasteiger charge is -2.13. The molecule has 0 radical (unpaired) electrons. The molecule has 0 atom stereocenters. The summed E-state index contributed by atoms with van der Waals surface area (Å²) in [6.07, 6.45) is 3.36. The number of nitrogens with zero attached hydrogens (tertiary/aromatic N) is 1. The molecule has 0 saturated heterocycles. The van der Waals surface area contributed by atoms with Crippen molar-refractivity contribution in [3.05, 3.63) is 42.5 Å². The maximum Gasteiger partial charge on any atom is 0.131 e. The summed E-state index contributed by atoms with van der Waals surface area (Å²) in [7, 11) is 3.61. The van der Waals surface area contributed by atoms with E-state index in [-0.39, 0.29) is 5.82 Å². The van der Waals surface area contributed by atoms with Gasteiger partial charge >= 0.3 is 0 Å². The quantitative estimate of drug-likeness (QED) is 0.852. The zero-order valence-corrected chi connectivity index (χ0v) is 9.79. The van der Waals surface area contributed by atoms with E-state index in [1.165, 1.54) is 6.07 Å². The van der Waals surface area contributed by atoms with Gasteiger partial charge in [0.1, 0.15) is 5.82 Å². The summed E-state index contributed by atoms with van der Waals surface area (Å²) < 4.78 is 13.8. The van der Waals surface area contributed by atoms with Crippen LogP contribution in [0, 0.1) is 5.82 Å². The summed E-state index contributed by atoms with van der Waals surface area (Å²) in [4.78, 5) is 4.11. The van der Waals surface area contributed by atoms with E-state index >= 15 is 0 Å². The Bertz CT molecular complexity index is 526. The highest BCUT2D eigenvalue weighted by Gasteiger charge is 2.11. The van der Waals surface area contributed by atoms with Gasteiger partial charge in [-0.25, -0.2) is 4.39 Å². The van der Waals surface area contributed by atoms with E-state index in [2.05, 4.69) is 15.6 Å². The van der Waals surface area contributed by atoms with Crippen LogP contribution in [0.2, 0.25) is 0 Å². The number of nitrogens with one attached hydrogen (secondary N) is 2. The van der Waals surface area contributed by atoms with Crippen LogP contribution in [-0.4, -0.2) is 19.1 Å². The van der Waals surface area contributed by atoms with Crippen molar-refractivity contribution in [2.45, 2.75) is 0 Å². The van der Waals surface area contributed by atoms with Gasteiger partial charge in [-0.3, -0.25) is 4.98 Å². The van der Waals surface area contributed by atoms with Crippen molar-refractivity contribution in [1.82, 2.24) is 4.98 Å². The van der Waals surface area contributed by atoms with Gasteiger partial charge in [-0.05, 0) is 6.07 Å². The Balaban J connectivity index is 2.63. The van der Waals surface area contributed by atoms with Gasteiger partial charge in [0.15, 0.2) is 0 Å². The Morgan fingerprint density at radius 3 is 2.41 bits per heavy atom. The molecule has 0 unspecified atom stereocenters. The molecule has 0 aliphatic rings. The molecule has 3 nitrogen and oxygen atoms in total. The van der Waals surface area contributed by atoms with Gasteiger partial charge < -0.3 is 10.6 Å². The second kappa shape index (κ2) is 4.82. The van der Waals surface area contributed by atoms with E-state index in [9.17, 15) is 4.39 Å². The van der Waals surface area contributed by atoms with Crippen LogP contribution >= 0.6 is 0 Å². The second-order valence-electron chi connectivity index (χ2n) is 3.59.